The van der Waals surface area contributed by atoms with Crippen LogP contribution in [-0.4, -0.2) is 81.3 Å². The molecule has 0 radical (unpaired) electrons. The zero-order chi connectivity index (χ0) is 16.5. The molecule has 0 amide bonds. The first kappa shape index (κ1) is 33.2. The fraction of sp³-hybridized carbons (Fsp3) is 1.00. The normalized spacial score (nSPS) is 8.00. The van der Waals surface area contributed by atoms with E-state index in [9.17, 15) is 20.4 Å². The molecule has 0 aromatic carbocycles. The first-order valence-electron chi connectivity index (χ1n) is 5.94. The van der Waals surface area contributed by atoms with E-state index in [0.717, 1.165) is 0 Å². The third-order valence-electron chi connectivity index (χ3n) is 1.15. The first-order valence-corrected chi connectivity index (χ1v) is 5.94. The van der Waals surface area contributed by atoms with E-state index < -0.39 is 0 Å². The molecule has 0 aromatic rings. The van der Waals surface area contributed by atoms with Gasteiger partial charge in [0.2, 0.25) is 0 Å². The summed E-state index contributed by atoms with van der Waals surface area (Å²) in [6.45, 7) is 0.819. The van der Waals surface area contributed by atoms with Crippen molar-refractivity contribution in [1.29, 1.82) is 0 Å². The van der Waals surface area contributed by atoms with Gasteiger partial charge in [0.05, 0.1) is 0 Å². The maximum absolute atomic E-state index is 9.40. The Morgan fingerprint density at radius 2 is 0.619 bits per heavy atom. The van der Waals surface area contributed by atoms with Gasteiger partial charge in [0, 0.05) is 54.9 Å². The Morgan fingerprint density at radius 3 is 0.619 bits per heavy atom. The maximum Gasteiger partial charge on any atom is 4.00 e. The Balaban J connectivity index is -0.0000000533. The molecule has 0 aromatic heterocycles. The molecule has 0 rings (SSSR count). The van der Waals surface area contributed by atoms with Crippen LogP contribution in [0.2, 0.25) is 0 Å². The summed E-state index contributed by atoms with van der Waals surface area (Å²) in [5, 5.41) is 37.6. The second-order valence-corrected chi connectivity index (χ2v) is 2.79. The third-order valence-corrected chi connectivity index (χ3v) is 1.15. The van der Waals surface area contributed by atoms with Gasteiger partial charge in [-0.1, -0.05) is 0 Å². The van der Waals surface area contributed by atoms with Crippen LogP contribution in [0.4, 0.5) is 0 Å². The molecule has 0 heterocycles. The first-order chi connectivity index (χ1) is 9.66. The number of methoxy groups -OCH3 is 4. The predicted molar refractivity (Wildman–Crippen MR) is 67.0 cm³/mol. The van der Waals surface area contributed by atoms with E-state index >= 15 is 0 Å². The number of rotatable bonds is 8. The van der Waals surface area contributed by atoms with E-state index in [0.29, 0.717) is 26.4 Å². The van der Waals surface area contributed by atoms with Gasteiger partial charge in [-0.3, -0.25) is 0 Å². The summed E-state index contributed by atoms with van der Waals surface area (Å²) in [4.78, 5) is 0. The Kier molecular flexibility index (Phi) is 78.9. The van der Waals surface area contributed by atoms with Gasteiger partial charge in [-0.25, -0.2) is 0 Å². The van der Waals surface area contributed by atoms with E-state index in [1.165, 1.54) is 28.4 Å². The molecule has 0 N–H and O–H groups in total. The minimum absolute atomic E-state index is 0. The summed E-state index contributed by atoms with van der Waals surface area (Å²) in [5.41, 5.74) is 0. The van der Waals surface area contributed by atoms with Gasteiger partial charge in [-0.15, -0.1) is 26.4 Å². The van der Waals surface area contributed by atoms with Crippen LogP contribution in [0, 0.1) is 0 Å². The molecule has 0 bridgehead atoms. The summed E-state index contributed by atoms with van der Waals surface area (Å²) in [6.07, 6.45) is 0. The summed E-state index contributed by atoms with van der Waals surface area (Å²) in [5.74, 6) is 0. The van der Waals surface area contributed by atoms with Crippen LogP contribution in [-0.2, 0) is 44.8 Å². The summed E-state index contributed by atoms with van der Waals surface area (Å²) >= 11 is 0. The molecule has 0 fully saturated rings. The van der Waals surface area contributed by atoms with Crippen molar-refractivity contribution in [3.8, 4) is 0 Å². The quantitative estimate of drug-likeness (QED) is 0.323. The van der Waals surface area contributed by atoms with Crippen molar-refractivity contribution < 1.29 is 65.2 Å². The number of ether oxygens (including phenoxy) is 4. The third kappa shape index (κ3) is 96.7. The summed E-state index contributed by atoms with van der Waals surface area (Å²) in [7, 11) is 6.05. The molecule has 0 aliphatic rings. The molecule has 0 saturated carbocycles. The van der Waals surface area contributed by atoms with E-state index in [1.54, 1.807) is 0 Å². The van der Waals surface area contributed by atoms with Crippen LogP contribution in [0.1, 0.15) is 0 Å². The van der Waals surface area contributed by atoms with Crippen molar-refractivity contribution in [2.45, 2.75) is 0 Å². The van der Waals surface area contributed by atoms with E-state index in [2.05, 4.69) is 18.9 Å². The molecule has 0 unspecified atom stereocenters. The standard InChI is InChI=1S/4C3H7O2.Hf/c4*1-5-3-2-4;/h4*2-3H2,1H3;/q4*-1;+4. The zero-order valence-corrected chi connectivity index (χ0v) is 17.0. The van der Waals surface area contributed by atoms with Crippen LogP contribution < -0.4 is 20.4 Å². The molecule has 0 saturated heterocycles. The Labute approximate surface area is 146 Å². The van der Waals surface area contributed by atoms with E-state index in [-0.39, 0.29) is 52.3 Å². The van der Waals surface area contributed by atoms with Crippen molar-refractivity contribution in [2.24, 2.45) is 0 Å². The molecular weight excluding hydrogens is 451 g/mol. The van der Waals surface area contributed by atoms with Crippen molar-refractivity contribution >= 4 is 0 Å². The number of hydrogen-bond donors (Lipinski definition) is 0. The van der Waals surface area contributed by atoms with Gasteiger partial charge in [-0.05, 0) is 0 Å². The Morgan fingerprint density at radius 1 is 0.476 bits per heavy atom. The minimum atomic E-state index is -0.128. The van der Waals surface area contributed by atoms with Gasteiger partial charge >= 0.3 is 25.8 Å². The molecular formula is C12H28HfO8. The minimum Gasteiger partial charge on any atom is -0.853 e. The Hall–Kier alpha value is 0.550. The molecule has 128 valence electrons. The monoisotopic (exact) mass is 480 g/mol. The van der Waals surface area contributed by atoms with Gasteiger partial charge in [0.25, 0.3) is 0 Å². The Bertz CT molecular complexity index is 79.3. The second kappa shape index (κ2) is 49.9. The summed E-state index contributed by atoms with van der Waals surface area (Å²) < 4.78 is 17.5. The van der Waals surface area contributed by atoms with Crippen molar-refractivity contribution in [3.05, 3.63) is 0 Å². The molecule has 9 heteroatoms. The van der Waals surface area contributed by atoms with Crippen LogP contribution in [0.25, 0.3) is 0 Å². The zero-order valence-electron chi connectivity index (χ0n) is 13.4. The average molecular weight is 479 g/mol. The summed E-state index contributed by atoms with van der Waals surface area (Å²) in [6, 6.07) is 0. The predicted octanol–water partition coefficient (Wildman–Crippen LogP) is -4.03. The largest absolute Gasteiger partial charge is 4.00 e. The van der Waals surface area contributed by atoms with Crippen LogP contribution in [0.3, 0.4) is 0 Å². The number of hydrogen-bond acceptors (Lipinski definition) is 8. The fourth-order valence-electron chi connectivity index (χ4n) is 0.333. The molecule has 0 aliphatic heterocycles. The van der Waals surface area contributed by atoms with Gasteiger partial charge in [0.15, 0.2) is 0 Å². The van der Waals surface area contributed by atoms with Crippen molar-refractivity contribution in [2.75, 3.05) is 81.3 Å². The fourth-order valence-corrected chi connectivity index (χ4v) is 0.333. The molecule has 8 nitrogen and oxygen atoms in total. The van der Waals surface area contributed by atoms with Gasteiger partial charge in [0.1, 0.15) is 0 Å². The maximum atomic E-state index is 9.40. The average Bonchev–Trinajstić information content (AvgIpc) is 2.44. The van der Waals surface area contributed by atoms with Crippen LogP contribution in [0.15, 0.2) is 0 Å². The van der Waals surface area contributed by atoms with Gasteiger partial charge in [-0.2, -0.15) is 0 Å². The van der Waals surface area contributed by atoms with E-state index in [4.69, 9.17) is 0 Å². The molecule has 21 heavy (non-hydrogen) atoms. The molecule has 0 aliphatic carbocycles. The van der Waals surface area contributed by atoms with Crippen LogP contribution in [0.5, 0.6) is 0 Å². The SMILES string of the molecule is COCC[O-].COCC[O-].COCC[O-].COCC[O-].[Hf+4]. The smallest absolute Gasteiger partial charge is 0.853 e. The van der Waals surface area contributed by atoms with Crippen molar-refractivity contribution in [3.63, 3.8) is 0 Å². The molecule has 0 spiro atoms. The molecule has 0 atom stereocenters. The second-order valence-electron chi connectivity index (χ2n) is 2.79. The van der Waals surface area contributed by atoms with Crippen LogP contribution >= 0.6 is 0 Å². The van der Waals surface area contributed by atoms with Gasteiger partial charge < -0.3 is 39.4 Å². The topological polar surface area (TPSA) is 129 Å². The van der Waals surface area contributed by atoms with Crippen molar-refractivity contribution in [1.82, 2.24) is 0 Å². The van der Waals surface area contributed by atoms with E-state index in [1.807, 2.05) is 0 Å².